The van der Waals surface area contributed by atoms with Crippen LogP contribution in [0.2, 0.25) is 0 Å². The predicted octanol–water partition coefficient (Wildman–Crippen LogP) is 3.86. The van der Waals surface area contributed by atoms with Gasteiger partial charge in [0.05, 0.1) is 11.7 Å². The number of benzene rings is 1. The standard InChI is InChI=1S/C22H27N5OS.ClH/c1-14(2)19(23)21-24-17(13-29-21)22(28)27-11-9-16-18(10-12-27)26(3)25-20(16)15-7-5-4-6-8-15;/h4-8,13-14,19H,9-12,23H2,1-3H3;1H/t19-;/m0./s1. The van der Waals surface area contributed by atoms with E-state index in [2.05, 4.69) is 31.0 Å². The lowest BCUT2D eigenvalue weighted by Gasteiger charge is -2.19. The molecule has 0 aliphatic carbocycles. The number of rotatable bonds is 4. The summed E-state index contributed by atoms with van der Waals surface area (Å²) in [5.74, 6) is 0.283. The third-order valence-corrected chi connectivity index (χ3v) is 6.55. The van der Waals surface area contributed by atoms with Crippen molar-refractivity contribution in [3.63, 3.8) is 0 Å². The number of fused-ring (bicyclic) bond motifs is 1. The fourth-order valence-corrected chi connectivity index (χ4v) is 4.76. The van der Waals surface area contributed by atoms with Gasteiger partial charge in [0.25, 0.3) is 5.91 Å². The molecular weight excluding hydrogens is 418 g/mol. The molecule has 0 radical (unpaired) electrons. The number of nitrogens with zero attached hydrogens (tertiary/aromatic N) is 4. The second kappa shape index (κ2) is 9.29. The first kappa shape index (κ1) is 22.5. The number of nitrogens with two attached hydrogens (primary N) is 1. The van der Waals surface area contributed by atoms with Crippen LogP contribution < -0.4 is 5.73 Å². The van der Waals surface area contributed by atoms with Crippen molar-refractivity contribution < 1.29 is 4.79 Å². The van der Waals surface area contributed by atoms with E-state index >= 15 is 0 Å². The van der Waals surface area contributed by atoms with Crippen LogP contribution in [-0.2, 0) is 19.9 Å². The van der Waals surface area contributed by atoms with Crippen LogP contribution >= 0.6 is 23.7 Å². The summed E-state index contributed by atoms with van der Waals surface area (Å²) in [6.45, 7) is 5.47. The van der Waals surface area contributed by atoms with E-state index in [9.17, 15) is 4.79 Å². The zero-order valence-electron chi connectivity index (χ0n) is 17.5. The number of hydrogen-bond acceptors (Lipinski definition) is 5. The summed E-state index contributed by atoms with van der Waals surface area (Å²) in [7, 11) is 1.99. The summed E-state index contributed by atoms with van der Waals surface area (Å²) in [5.41, 5.74) is 11.3. The van der Waals surface area contributed by atoms with Gasteiger partial charge in [0, 0.05) is 48.8 Å². The van der Waals surface area contributed by atoms with Crippen molar-refractivity contribution in [3.05, 3.63) is 57.7 Å². The number of hydrogen-bond donors (Lipinski definition) is 1. The summed E-state index contributed by atoms with van der Waals surface area (Å²) >= 11 is 1.48. The summed E-state index contributed by atoms with van der Waals surface area (Å²) in [6, 6.07) is 10.1. The van der Waals surface area contributed by atoms with Gasteiger partial charge >= 0.3 is 0 Å². The largest absolute Gasteiger partial charge is 0.337 e. The summed E-state index contributed by atoms with van der Waals surface area (Å²) in [5, 5.41) is 7.43. The van der Waals surface area contributed by atoms with Gasteiger partial charge in [-0.3, -0.25) is 9.48 Å². The first-order chi connectivity index (χ1) is 14.0. The first-order valence-corrected chi connectivity index (χ1v) is 10.9. The first-order valence-electron chi connectivity index (χ1n) is 10.1. The molecule has 3 aromatic rings. The molecule has 1 amide bonds. The summed E-state index contributed by atoms with van der Waals surface area (Å²) < 4.78 is 1.97. The van der Waals surface area contributed by atoms with Crippen molar-refractivity contribution in [1.29, 1.82) is 0 Å². The quantitative estimate of drug-likeness (QED) is 0.661. The van der Waals surface area contributed by atoms with E-state index in [0.717, 1.165) is 29.1 Å². The molecular formula is C22H28ClN5OS. The zero-order chi connectivity index (χ0) is 20.5. The van der Waals surface area contributed by atoms with Crippen molar-refractivity contribution in [2.75, 3.05) is 13.1 Å². The van der Waals surface area contributed by atoms with Crippen LogP contribution in [0.25, 0.3) is 11.3 Å². The van der Waals surface area contributed by atoms with Gasteiger partial charge in [0.15, 0.2) is 0 Å². The normalized spacial score (nSPS) is 14.8. The van der Waals surface area contributed by atoms with Crippen LogP contribution in [0.15, 0.2) is 35.7 Å². The van der Waals surface area contributed by atoms with Gasteiger partial charge in [0.1, 0.15) is 10.7 Å². The number of amides is 1. The molecule has 0 bridgehead atoms. The Morgan fingerprint density at radius 1 is 1.17 bits per heavy atom. The Bertz CT molecular complexity index is 1010. The molecule has 0 unspecified atom stereocenters. The Labute approximate surface area is 187 Å². The highest BCUT2D eigenvalue weighted by Crippen LogP contribution is 2.29. The molecule has 8 heteroatoms. The van der Waals surface area contributed by atoms with Gasteiger partial charge < -0.3 is 10.6 Å². The molecule has 6 nitrogen and oxygen atoms in total. The fraction of sp³-hybridized carbons (Fsp3) is 0.409. The van der Waals surface area contributed by atoms with Crippen molar-refractivity contribution in [3.8, 4) is 11.3 Å². The molecule has 1 aliphatic rings. The molecule has 0 saturated carbocycles. The molecule has 1 aliphatic heterocycles. The average molecular weight is 446 g/mol. The molecule has 1 aromatic carbocycles. The van der Waals surface area contributed by atoms with Crippen LogP contribution in [0.5, 0.6) is 0 Å². The number of carbonyl (C=O) groups is 1. The van der Waals surface area contributed by atoms with Crippen molar-refractivity contribution in [2.24, 2.45) is 18.7 Å². The SMILES string of the molecule is CC(C)[C@H](N)c1nc(C(=O)N2CCc3c(-c4ccccc4)nn(C)c3CC2)cs1.Cl. The molecule has 160 valence electrons. The Kier molecular flexibility index (Phi) is 6.95. The topological polar surface area (TPSA) is 77.0 Å². The predicted molar refractivity (Wildman–Crippen MR) is 123 cm³/mol. The van der Waals surface area contributed by atoms with Crippen LogP contribution in [0.1, 0.15) is 46.6 Å². The van der Waals surface area contributed by atoms with E-state index in [1.165, 1.54) is 22.6 Å². The Morgan fingerprint density at radius 3 is 2.57 bits per heavy atom. The minimum Gasteiger partial charge on any atom is -0.337 e. The number of aryl methyl sites for hydroxylation is 1. The molecule has 0 saturated heterocycles. The lowest BCUT2D eigenvalue weighted by molar-refractivity contribution is 0.0757. The van der Waals surface area contributed by atoms with E-state index in [1.807, 2.05) is 40.2 Å². The molecule has 3 heterocycles. The number of aromatic nitrogens is 3. The number of thiazole rings is 1. The van der Waals surface area contributed by atoms with Gasteiger partial charge in [-0.1, -0.05) is 44.2 Å². The van der Waals surface area contributed by atoms with Crippen molar-refractivity contribution >= 4 is 29.7 Å². The van der Waals surface area contributed by atoms with E-state index < -0.39 is 0 Å². The molecule has 4 rings (SSSR count). The van der Waals surface area contributed by atoms with Gasteiger partial charge in [-0.15, -0.1) is 23.7 Å². The van der Waals surface area contributed by atoms with E-state index in [4.69, 9.17) is 10.8 Å². The van der Waals surface area contributed by atoms with Crippen LogP contribution in [-0.4, -0.2) is 38.7 Å². The minimum absolute atomic E-state index is 0. The third-order valence-electron chi connectivity index (χ3n) is 5.60. The number of carbonyl (C=O) groups excluding carboxylic acids is 1. The smallest absolute Gasteiger partial charge is 0.273 e. The molecule has 2 aromatic heterocycles. The Hall–Kier alpha value is -2.22. The van der Waals surface area contributed by atoms with E-state index in [0.29, 0.717) is 24.7 Å². The monoisotopic (exact) mass is 445 g/mol. The van der Waals surface area contributed by atoms with E-state index in [1.54, 1.807) is 0 Å². The summed E-state index contributed by atoms with van der Waals surface area (Å²) in [4.78, 5) is 19.5. The molecule has 2 N–H and O–H groups in total. The van der Waals surface area contributed by atoms with Gasteiger partial charge in [-0.05, 0) is 12.3 Å². The zero-order valence-corrected chi connectivity index (χ0v) is 19.2. The molecule has 30 heavy (non-hydrogen) atoms. The van der Waals surface area contributed by atoms with Gasteiger partial charge in [-0.2, -0.15) is 5.10 Å². The van der Waals surface area contributed by atoms with Crippen LogP contribution in [0.4, 0.5) is 0 Å². The highest BCUT2D eigenvalue weighted by atomic mass is 35.5. The average Bonchev–Trinajstić information content (AvgIpc) is 3.26. The number of halogens is 1. The fourth-order valence-electron chi connectivity index (χ4n) is 3.79. The van der Waals surface area contributed by atoms with Crippen LogP contribution in [0.3, 0.4) is 0 Å². The van der Waals surface area contributed by atoms with Crippen molar-refractivity contribution in [1.82, 2.24) is 19.7 Å². The lowest BCUT2D eigenvalue weighted by Crippen LogP contribution is -2.33. The Morgan fingerprint density at radius 2 is 1.87 bits per heavy atom. The Balaban J connectivity index is 0.00000256. The lowest BCUT2D eigenvalue weighted by atomic mass is 10.0. The second-order valence-electron chi connectivity index (χ2n) is 7.90. The molecule has 0 fully saturated rings. The molecule has 1 atom stereocenters. The maximum Gasteiger partial charge on any atom is 0.273 e. The van der Waals surface area contributed by atoms with E-state index in [-0.39, 0.29) is 24.4 Å². The maximum atomic E-state index is 13.1. The van der Waals surface area contributed by atoms with Crippen molar-refractivity contribution in [2.45, 2.75) is 32.7 Å². The minimum atomic E-state index is -0.130. The molecule has 0 spiro atoms. The second-order valence-corrected chi connectivity index (χ2v) is 8.79. The van der Waals surface area contributed by atoms with Gasteiger partial charge in [-0.25, -0.2) is 4.98 Å². The van der Waals surface area contributed by atoms with Gasteiger partial charge in [0.2, 0.25) is 0 Å². The van der Waals surface area contributed by atoms with Crippen LogP contribution in [0, 0.1) is 5.92 Å². The maximum absolute atomic E-state index is 13.1. The summed E-state index contributed by atoms with van der Waals surface area (Å²) in [6.07, 6.45) is 1.58. The third kappa shape index (κ3) is 4.29. The highest BCUT2D eigenvalue weighted by molar-refractivity contribution is 7.09. The highest BCUT2D eigenvalue weighted by Gasteiger charge is 2.26.